The quantitative estimate of drug-likeness (QED) is 0.489. The Kier molecular flexibility index (Phi) is 9.31. The number of nitrogens with one attached hydrogen (secondary N) is 2. The van der Waals surface area contributed by atoms with Gasteiger partial charge in [0.05, 0.1) is 19.6 Å². The van der Waals surface area contributed by atoms with Crippen LogP contribution >= 0.6 is 0 Å². The van der Waals surface area contributed by atoms with E-state index in [1.54, 1.807) is 6.20 Å². The molecule has 8 nitrogen and oxygen atoms in total. The van der Waals surface area contributed by atoms with Gasteiger partial charge in [-0.15, -0.1) is 0 Å². The van der Waals surface area contributed by atoms with Gasteiger partial charge in [-0.3, -0.25) is 14.7 Å². The zero-order valence-electron chi connectivity index (χ0n) is 21.4. The number of benzene rings is 1. The van der Waals surface area contributed by atoms with Crippen molar-refractivity contribution in [2.24, 2.45) is 4.99 Å². The van der Waals surface area contributed by atoms with E-state index in [1.807, 2.05) is 23.2 Å². The van der Waals surface area contributed by atoms with E-state index in [4.69, 9.17) is 0 Å². The summed E-state index contributed by atoms with van der Waals surface area (Å²) in [5.41, 5.74) is 1.96. The number of carbonyl (C=O) groups excluding carboxylic acids is 1. The molecule has 2 aliphatic rings. The maximum atomic E-state index is 13.2. The molecule has 0 bridgehead atoms. The number of H-pyrrole nitrogens is 1. The second-order valence-electron chi connectivity index (χ2n) is 9.69. The van der Waals surface area contributed by atoms with E-state index in [0.717, 1.165) is 89.0 Å². The highest BCUT2D eigenvalue weighted by Crippen LogP contribution is 2.20. The Bertz CT molecular complexity index is 927. The average molecular weight is 480 g/mol. The van der Waals surface area contributed by atoms with Gasteiger partial charge in [-0.05, 0) is 56.5 Å². The minimum Gasteiger partial charge on any atom is -0.371 e. The molecule has 3 heterocycles. The molecule has 0 atom stereocenters. The van der Waals surface area contributed by atoms with Crippen LogP contribution in [0.2, 0.25) is 0 Å². The molecule has 35 heavy (non-hydrogen) atoms. The first-order valence-electron chi connectivity index (χ1n) is 13.3. The van der Waals surface area contributed by atoms with E-state index in [2.05, 4.69) is 56.1 Å². The van der Waals surface area contributed by atoms with E-state index in [-0.39, 0.29) is 5.91 Å². The number of likely N-dealkylation sites (tertiary alicyclic amines) is 1. The molecule has 1 fully saturated rings. The lowest BCUT2D eigenvalue weighted by molar-refractivity contribution is 0.0618. The van der Waals surface area contributed by atoms with Crippen LogP contribution in [0.5, 0.6) is 0 Å². The molecule has 0 unspecified atom stereocenters. The molecule has 190 valence electrons. The number of carbonyl (C=O) groups is 1. The lowest BCUT2D eigenvalue weighted by Gasteiger charge is -2.38. The fourth-order valence-corrected chi connectivity index (χ4v) is 5.21. The highest BCUT2D eigenvalue weighted by Gasteiger charge is 2.26. The fourth-order valence-electron chi connectivity index (χ4n) is 5.21. The summed E-state index contributed by atoms with van der Waals surface area (Å²) < 4.78 is 0. The van der Waals surface area contributed by atoms with Crippen LogP contribution in [0.1, 0.15) is 61.3 Å². The van der Waals surface area contributed by atoms with E-state index in [1.165, 1.54) is 18.4 Å². The standard InChI is InChI=1S/C27H41N7O/c1-3-15-33(16-4-2)24-9-17-34(18-10-24)27(35)23-7-5-22(6-8-23)19-32(20-25-28-11-12-29-25)21-26-30-13-14-31-26/h5-8,11-12,24H,3-4,9-10,13-21H2,1-2H3,(H,28,29)(H,30,31). The van der Waals surface area contributed by atoms with Gasteiger partial charge < -0.3 is 20.1 Å². The number of piperidine rings is 1. The van der Waals surface area contributed by atoms with Crippen molar-refractivity contribution in [1.29, 1.82) is 0 Å². The van der Waals surface area contributed by atoms with Crippen molar-refractivity contribution in [3.63, 3.8) is 0 Å². The zero-order valence-corrected chi connectivity index (χ0v) is 21.4. The van der Waals surface area contributed by atoms with Gasteiger partial charge in [0.2, 0.25) is 0 Å². The molecule has 1 aromatic carbocycles. The fraction of sp³-hybridized carbons (Fsp3) is 0.593. The summed E-state index contributed by atoms with van der Waals surface area (Å²) in [7, 11) is 0. The predicted molar refractivity (Wildman–Crippen MR) is 141 cm³/mol. The SMILES string of the molecule is CCCN(CCC)C1CCN(C(=O)c2ccc(CN(CC3=NCCN3)Cc3ncc[nH]3)cc2)CC1. The summed E-state index contributed by atoms with van der Waals surface area (Å²) in [5, 5.41) is 3.36. The van der Waals surface area contributed by atoms with Gasteiger partial charge in [-0.2, -0.15) is 0 Å². The minimum atomic E-state index is 0.157. The Labute approximate surface area is 209 Å². The van der Waals surface area contributed by atoms with Crippen LogP contribution in [0.25, 0.3) is 0 Å². The lowest BCUT2D eigenvalue weighted by atomic mass is 10.0. The van der Waals surface area contributed by atoms with Crippen molar-refractivity contribution in [2.75, 3.05) is 45.8 Å². The van der Waals surface area contributed by atoms with Gasteiger partial charge in [-0.25, -0.2) is 4.98 Å². The highest BCUT2D eigenvalue weighted by atomic mass is 16.2. The number of rotatable bonds is 12. The summed E-state index contributed by atoms with van der Waals surface area (Å²) in [5.74, 6) is 2.13. The molecule has 1 aromatic heterocycles. The van der Waals surface area contributed by atoms with Crippen molar-refractivity contribution in [2.45, 2.75) is 58.7 Å². The van der Waals surface area contributed by atoms with Gasteiger partial charge in [0.1, 0.15) is 11.7 Å². The molecule has 2 N–H and O–H groups in total. The molecule has 4 rings (SSSR count). The first kappa shape index (κ1) is 25.4. The number of hydrogen-bond donors (Lipinski definition) is 2. The maximum Gasteiger partial charge on any atom is 0.253 e. The molecule has 8 heteroatoms. The third-order valence-electron chi connectivity index (χ3n) is 6.94. The number of nitrogens with zero attached hydrogens (tertiary/aromatic N) is 5. The smallest absolute Gasteiger partial charge is 0.253 e. The predicted octanol–water partition coefficient (Wildman–Crippen LogP) is 3.14. The topological polar surface area (TPSA) is 79.9 Å². The van der Waals surface area contributed by atoms with Crippen LogP contribution in [0.3, 0.4) is 0 Å². The molecular formula is C27H41N7O. The molecule has 2 aliphatic heterocycles. The number of aromatic nitrogens is 2. The Hall–Kier alpha value is -2.71. The van der Waals surface area contributed by atoms with Crippen LogP contribution in [0.15, 0.2) is 41.7 Å². The third kappa shape index (κ3) is 7.15. The lowest BCUT2D eigenvalue weighted by Crippen LogP contribution is -2.47. The summed E-state index contributed by atoms with van der Waals surface area (Å²) in [6.07, 6.45) is 8.16. The second kappa shape index (κ2) is 12.8. The molecule has 0 saturated carbocycles. The maximum absolute atomic E-state index is 13.2. The molecule has 0 radical (unpaired) electrons. The summed E-state index contributed by atoms with van der Waals surface area (Å²) in [6.45, 7) is 12.5. The number of amidine groups is 1. The normalized spacial score (nSPS) is 16.7. The van der Waals surface area contributed by atoms with Gasteiger partial charge in [0.15, 0.2) is 0 Å². The molecule has 0 spiro atoms. The Morgan fingerprint density at radius 3 is 2.40 bits per heavy atom. The average Bonchev–Trinajstić information content (AvgIpc) is 3.59. The van der Waals surface area contributed by atoms with Gasteiger partial charge >= 0.3 is 0 Å². The largest absolute Gasteiger partial charge is 0.371 e. The molecule has 1 saturated heterocycles. The van der Waals surface area contributed by atoms with E-state index >= 15 is 0 Å². The monoisotopic (exact) mass is 479 g/mol. The zero-order chi connectivity index (χ0) is 24.5. The van der Waals surface area contributed by atoms with Gasteiger partial charge in [-0.1, -0.05) is 26.0 Å². The van der Waals surface area contributed by atoms with E-state index < -0.39 is 0 Å². The van der Waals surface area contributed by atoms with Crippen LogP contribution in [-0.4, -0.2) is 88.3 Å². The van der Waals surface area contributed by atoms with Crippen LogP contribution < -0.4 is 5.32 Å². The summed E-state index contributed by atoms with van der Waals surface area (Å²) in [6, 6.07) is 8.76. The second-order valence-corrected chi connectivity index (χ2v) is 9.69. The number of imidazole rings is 1. The Morgan fingerprint density at radius 1 is 1.06 bits per heavy atom. The van der Waals surface area contributed by atoms with Crippen molar-refractivity contribution in [1.82, 2.24) is 30.0 Å². The number of amides is 1. The Morgan fingerprint density at radius 2 is 1.80 bits per heavy atom. The van der Waals surface area contributed by atoms with Crippen molar-refractivity contribution in [3.05, 3.63) is 53.6 Å². The molecule has 1 amide bonds. The van der Waals surface area contributed by atoms with E-state index in [9.17, 15) is 4.79 Å². The van der Waals surface area contributed by atoms with Crippen LogP contribution in [0.4, 0.5) is 0 Å². The first-order valence-corrected chi connectivity index (χ1v) is 13.3. The Balaban J connectivity index is 1.33. The highest BCUT2D eigenvalue weighted by molar-refractivity contribution is 5.94. The molecular weight excluding hydrogens is 438 g/mol. The molecule has 2 aromatic rings. The number of hydrogen-bond acceptors (Lipinski definition) is 6. The summed E-state index contributed by atoms with van der Waals surface area (Å²) in [4.78, 5) is 32.3. The van der Waals surface area contributed by atoms with Crippen LogP contribution in [-0.2, 0) is 13.1 Å². The minimum absolute atomic E-state index is 0.157. The van der Waals surface area contributed by atoms with Crippen molar-refractivity contribution >= 4 is 11.7 Å². The van der Waals surface area contributed by atoms with Gasteiger partial charge in [0, 0.05) is 50.2 Å². The number of aliphatic imine (C=N–C) groups is 1. The third-order valence-corrected chi connectivity index (χ3v) is 6.94. The molecule has 0 aliphatic carbocycles. The van der Waals surface area contributed by atoms with Crippen LogP contribution in [0, 0.1) is 0 Å². The van der Waals surface area contributed by atoms with Crippen molar-refractivity contribution in [3.8, 4) is 0 Å². The number of aromatic amines is 1. The van der Waals surface area contributed by atoms with Crippen molar-refractivity contribution < 1.29 is 4.79 Å². The first-order chi connectivity index (χ1) is 17.2. The van der Waals surface area contributed by atoms with Gasteiger partial charge in [0.25, 0.3) is 5.91 Å². The van der Waals surface area contributed by atoms with E-state index in [0.29, 0.717) is 6.04 Å². The summed E-state index contributed by atoms with van der Waals surface area (Å²) >= 11 is 0.